The summed E-state index contributed by atoms with van der Waals surface area (Å²) in [4.78, 5) is 1.82. The van der Waals surface area contributed by atoms with E-state index in [9.17, 15) is 5.11 Å². The van der Waals surface area contributed by atoms with Crippen molar-refractivity contribution in [3.8, 4) is 0 Å². The van der Waals surface area contributed by atoms with Crippen LogP contribution in [0.5, 0.6) is 0 Å². The van der Waals surface area contributed by atoms with Gasteiger partial charge in [0.2, 0.25) is 0 Å². The molecule has 4 aliphatic rings. The zero-order chi connectivity index (χ0) is 22.5. The van der Waals surface area contributed by atoms with Crippen LogP contribution in [0, 0.1) is 53.8 Å². The summed E-state index contributed by atoms with van der Waals surface area (Å²) < 4.78 is 5.65. The number of aliphatic hydroxyl groups is 1. The highest BCUT2D eigenvalue weighted by Gasteiger charge is 2.58. The van der Waals surface area contributed by atoms with Gasteiger partial charge in [-0.15, -0.1) is 10.2 Å². The molecule has 1 N–H and O–H groups in total. The van der Waals surface area contributed by atoms with Gasteiger partial charge in [0, 0.05) is 6.61 Å². The van der Waals surface area contributed by atoms with Gasteiger partial charge in [0.05, 0.1) is 18.8 Å². The van der Waals surface area contributed by atoms with Gasteiger partial charge in [-0.2, -0.15) is 4.80 Å². The van der Waals surface area contributed by atoms with Gasteiger partial charge in [0.25, 0.3) is 0 Å². The molecule has 0 saturated heterocycles. The van der Waals surface area contributed by atoms with Gasteiger partial charge in [-0.05, 0) is 124 Å². The third-order valence-corrected chi connectivity index (χ3v) is 10.4. The molecule has 1 aromatic rings. The summed E-state index contributed by atoms with van der Waals surface area (Å²) in [6.45, 7) is 11.1. The minimum atomic E-state index is -0.575. The van der Waals surface area contributed by atoms with Crippen molar-refractivity contribution in [1.29, 1.82) is 0 Å². The van der Waals surface area contributed by atoms with Crippen LogP contribution < -0.4 is 0 Å². The van der Waals surface area contributed by atoms with Crippen LogP contribution in [-0.4, -0.2) is 44.1 Å². The summed E-state index contributed by atoms with van der Waals surface area (Å²) >= 11 is 0. The Morgan fingerprint density at radius 1 is 1.09 bits per heavy atom. The molecule has 4 aliphatic carbocycles. The van der Waals surface area contributed by atoms with Gasteiger partial charge >= 0.3 is 0 Å². The highest BCUT2D eigenvalue weighted by atomic mass is 16.5. The molecule has 0 radical (unpaired) electrons. The van der Waals surface area contributed by atoms with E-state index in [2.05, 4.69) is 29.3 Å². The monoisotopic (exact) mass is 444 g/mol. The maximum Gasteiger partial charge on any atom is 0.171 e. The van der Waals surface area contributed by atoms with Crippen molar-refractivity contribution < 1.29 is 9.84 Å². The molecule has 4 saturated carbocycles. The zero-order valence-corrected chi connectivity index (χ0v) is 20.7. The summed E-state index contributed by atoms with van der Waals surface area (Å²) in [6, 6.07) is 0. The van der Waals surface area contributed by atoms with Gasteiger partial charge in [-0.3, -0.25) is 0 Å². The lowest BCUT2D eigenvalue weighted by Crippen LogP contribution is -2.52. The Morgan fingerprint density at radius 2 is 1.91 bits per heavy atom. The fraction of sp³-hybridized carbons (Fsp3) is 0.962. The highest BCUT2D eigenvalue weighted by Crippen LogP contribution is 2.65. The number of hydrogen-bond donors (Lipinski definition) is 1. The quantitative estimate of drug-likeness (QED) is 0.691. The highest BCUT2D eigenvalue weighted by molar-refractivity contribution is 5.07. The standard InChI is InChI=1S/C26H44N4O2/c1-5-32-16-26(31)13-11-20-19(14-26)6-7-22-21(20)10-12-25(4)23(8-9-24(22)25)17(2)15-30-28-18(3)27-29-30/h17,19-24,31H,5-16H2,1-4H3/t17-,19-,20+,21-,22-,23?,24+,25-,26-/m1/s1. The number of aryl methyl sites for hydroxylation is 1. The third kappa shape index (κ3) is 3.93. The van der Waals surface area contributed by atoms with E-state index in [-0.39, 0.29) is 0 Å². The molecule has 0 amide bonds. The molecular formula is C26H44N4O2. The Labute approximate surface area is 193 Å². The molecule has 1 heterocycles. The van der Waals surface area contributed by atoms with Crippen molar-refractivity contribution in [3.63, 3.8) is 0 Å². The van der Waals surface area contributed by atoms with Crippen LogP contribution in [0.25, 0.3) is 0 Å². The molecular weight excluding hydrogens is 400 g/mol. The molecule has 6 nitrogen and oxygen atoms in total. The summed E-state index contributed by atoms with van der Waals surface area (Å²) in [5, 5.41) is 23.9. The first kappa shape index (κ1) is 22.8. The minimum Gasteiger partial charge on any atom is -0.387 e. The Hall–Kier alpha value is -1.01. The number of hydrogen-bond acceptors (Lipinski definition) is 5. The van der Waals surface area contributed by atoms with E-state index >= 15 is 0 Å². The van der Waals surface area contributed by atoms with Crippen molar-refractivity contribution >= 4 is 0 Å². The van der Waals surface area contributed by atoms with E-state index in [1.165, 1.54) is 44.9 Å². The Bertz CT molecular complexity index is 799. The van der Waals surface area contributed by atoms with E-state index < -0.39 is 5.60 Å². The fourth-order valence-corrected chi connectivity index (χ4v) is 9.15. The molecule has 32 heavy (non-hydrogen) atoms. The Morgan fingerprint density at radius 3 is 2.66 bits per heavy atom. The van der Waals surface area contributed by atoms with Crippen molar-refractivity contribution in [2.75, 3.05) is 13.2 Å². The van der Waals surface area contributed by atoms with E-state index in [1.807, 2.05) is 18.6 Å². The van der Waals surface area contributed by atoms with Crippen molar-refractivity contribution in [2.24, 2.45) is 46.8 Å². The van der Waals surface area contributed by atoms with Crippen LogP contribution in [0.2, 0.25) is 0 Å². The van der Waals surface area contributed by atoms with Crippen molar-refractivity contribution in [1.82, 2.24) is 20.2 Å². The predicted molar refractivity (Wildman–Crippen MR) is 124 cm³/mol. The topological polar surface area (TPSA) is 73.1 Å². The summed E-state index contributed by atoms with van der Waals surface area (Å²) in [5.74, 6) is 6.33. The van der Waals surface area contributed by atoms with Crippen LogP contribution in [0.4, 0.5) is 0 Å². The lowest BCUT2D eigenvalue weighted by Gasteiger charge is -2.57. The van der Waals surface area contributed by atoms with Gasteiger partial charge < -0.3 is 9.84 Å². The minimum absolute atomic E-state index is 0.466. The number of rotatable bonds is 6. The van der Waals surface area contributed by atoms with Crippen LogP contribution in [0.15, 0.2) is 0 Å². The maximum absolute atomic E-state index is 11.1. The normalized spacial score (nSPS) is 44.5. The van der Waals surface area contributed by atoms with Crippen LogP contribution in [0.3, 0.4) is 0 Å². The van der Waals surface area contributed by atoms with E-state index in [0.29, 0.717) is 30.5 Å². The molecule has 6 heteroatoms. The molecule has 9 atom stereocenters. The van der Waals surface area contributed by atoms with E-state index in [1.54, 1.807) is 0 Å². The van der Waals surface area contributed by atoms with Gasteiger partial charge in [-0.25, -0.2) is 0 Å². The first-order valence-electron chi connectivity index (χ1n) is 13.4. The smallest absolute Gasteiger partial charge is 0.171 e. The Kier molecular flexibility index (Phi) is 6.15. The zero-order valence-electron chi connectivity index (χ0n) is 20.7. The molecule has 0 aliphatic heterocycles. The largest absolute Gasteiger partial charge is 0.387 e. The van der Waals surface area contributed by atoms with Crippen molar-refractivity contribution in [2.45, 2.75) is 97.6 Å². The molecule has 180 valence electrons. The average Bonchev–Trinajstić information content (AvgIpc) is 3.34. The van der Waals surface area contributed by atoms with Crippen LogP contribution >= 0.6 is 0 Å². The van der Waals surface area contributed by atoms with E-state index in [0.717, 1.165) is 54.8 Å². The molecule has 0 aromatic carbocycles. The SMILES string of the molecule is CCOC[C@@]1(O)CC[C@H]2[C@H](CC[C@@H]3[C@@H]2CC[C@]2(C)C([C@H](C)Cn4nnc(C)n4)CC[C@@H]32)C1. The molecule has 0 bridgehead atoms. The molecule has 4 fully saturated rings. The summed E-state index contributed by atoms with van der Waals surface area (Å²) in [5.41, 5.74) is -0.109. The van der Waals surface area contributed by atoms with E-state index in [4.69, 9.17) is 4.74 Å². The summed E-state index contributed by atoms with van der Waals surface area (Å²) in [6.07, 6.45) is 11.3. The first-order valence-corrected chi connectivity index (χ1v) is 13.4. The molecule has 5 rings (SSSR count). The summed E-state index contributed by atoms with van der Waals surface area (Å²) in [7, 11) is 0. The predicted octanol–water partition coefficient (Wildman–Crippen LogP) is 4.65. The van der Waals surface area contributed by atoms with Gasteiger partial charge in [-0.1, -0.05) is 13.8 Å². The second kappa shape index (κ2) is 8.65. The maximum atomic E-state index is 11.1. The third-order valence-electron chi connectivity index (χ3n) is 10.4. The second-order valence-corrected chi connectivity index (χ2v) is 12.1. The van der Waals surface area contributed by atoms with Crippen molar-refractivity contribution in [3.05, 3.63) is 5.82 Å². The number of aromatic nitrogens is 4. The number of ether oxygens (including phenoxy) is 1. The Balaban J connectivity index is 1.26. The molecule has 1 unspecified atom stereocenters. The molecule has 1 aromatic heterocycles. The lowest BCUT2D eigenvalue weighted by molar-refractivity contribution is -0.129. The lowest BCUT2D eigenvalue weighted by atomic mass is 9.48. The van der Waals surface area contributed by atoms with Crippen LogP contribution in [-0.2, 0) is 11.3 Å². The van der Waals surface area contributed by atoms with Crippen LogP contribution in [0.1, 0.15) is 84.4 Å². The first-order chi connectivity index (χ1) is 15.3. The van der Waals surface area contributed by atoms with Gasteiger partial charge in [0.1, 0.15) is 0 Å². The number of tetrazole rings is 1. The average molecular weight is 445 g/mol. The molecule has 0 spiro atoms. The number of nitrogens with zero attached hydrogens (tertiary/aromatic N) is 4. The van der Waals surface area contributed by atoms with Gasteiger partial charge in [0.15, 0.2) is 5.82 Å². The fourth-order valence-electron chi connectivity index (χ4n) is 9.15. The second-order valence-electron chi connectivity index (χ2n) is 12.1. The number of fused-ring (bicyclic) bond motifs is 5.